The van der Waals surface area contributed by atoms with Crippen molar-refractivity contribution < 1.29 is 9.53 Å². The average molecular weight is 228 g/mol. The van der Waals surface area contributed by atoms with E-state index in [1.165, 1.54) is 0 Å². The van der Waals surface area contributed by atoms with Crippen LogP contribution in [0.15, 0.2) is 0 Å². The van der Waals surface area contributed by atoms with Gasteiger partial charge in [-0.2, -0.15) is 0 Å². The van der Waals surface area contributed by atoms with E-state index < -0.39 is 5.60 Å². The molecular weight excluding hydrogens is 204 g/mol. The molecule has 0 radical (unpaired) electrons. The summed E-state index contributed by atoms with van der Waals surface area (Å²) in [5.74, 6) is 0.683. The van der Waals surface area contributed by atoms with Crippen LogP contribution in [-0.2, 0) is 4.74 Å². The highest BCUT2D eigenvalue weighted by molar-refractivity contribution is 5.68. The van der Waals surface area contributed by atoms with Gasteiger partial charge in [-0.25, -0.2) is 4.79 Å². The Morgan fingerprint density at radius 3 is 2.44 bits per heavy atom. The maximum atomic E-state index is 11.4. The predicted molar refractivity (Wildman–Crippen MR) is 64.4 cm³/mol. The van der Waals surface area contributed by atoms with Crippen molar-refractivity contribution in [2.45, 2.75) is 46.3 Å². The summed E-state index contributed by atoms with van der Waals surface area (Å²) in [6.07, 6.45) is -0.304. The molecule has 1 saturated heterocycles. The average Bonchev–Trinajstić information content (AvgIpc) is 1.95. The van der Waals surface area contributed by atoms with E-state index in [1.54, 1.807) is 0 Å². The molecule has 94 valence electrons. The van der Waals surface area contributed by atoms with Crippen molar-refractivity contribution >= 4 is 6.09 Å². The van der Waals surface area contributed by atoms with Crippen LogP contribution in [0.1, 0.15) is 34.6 Å². The number of ether oxygens (including phenoxy) is 1. The first-order chi connectivity index (χ1) is 7.26. The van der Waals surface area contributed by atoms with Crippen LogP contribution >= 0.6 is 0 Å². The molecule has 1 fully saturated rings. The second kappa shape index (κ2) is 5.04. The summed E-state index contributed by atoms with van der Waals surface area (Å²) in [5, 5.41) is 2.87. The van der Waals surface area contributed by atoms with Gasteiger partial charge in [0.25, 0.3) is 0 Å². The quantitative estimate of drug-likeness (QED) is 0.801. The Balaban J connectivity index is 2.15. The van der Waals surface area contributed by atoms with Crippen molar-refractivity contribution in [2.24, 2.45) is 5.92 Å². The van der Waals surface area contributed by atoms with E-state index in [0.717, 1.165) is 19.6 Å². The minimum atomic E-state index is -0.411. The lowest BCUT2D eigenvalue weighted by Gasteiger charge is -2.40. The van der Waals surface area contributed by atoms with Gasteiger partial charge in [0, 0.05) is 19.6 Å². The molecule has 1 N–H and O–H groups in total. The molecule has 0 bridgehead atoms. The maximum Gasteiger partial charge on any atom is 0.407 e. The fraction of sp³-hybridized carbons (Fsp3) is 0.917. The number of nitrogens with zero attached hydrogens (tertiary/aromatic N) is 1. The number of carbonyl (C=O) groups is 1. The number of carbonyl (C=O) groups excluding carboxylic acids is 1. The van der Waals surface area contributed by atoms with Crippen LogP contribution in [0.25, 0.3) is 0 Å². The lowest BCUT2D eigenvalue weighted by Crippen LogP contribution is -2.60. The molecule has 0 aliphatic carbocycles. The van der Waals surface area contributed by atoms with Gasteiger partial charge in [-0.05, 0) is 26.7 Å². The van der Waals surface area contributed by atoms with E-state index >= 15 is 0 Å². The van der Waals surface area contributed by atoms with Crippen molar-refractivity contribution in [3.05, 3.63) is 0 Å². The van der Waals surface area contributed by atoms with E-state index in [0.29, 0.717) is 5.92 Å². The summed E-state index contributed by atoms with van der Waals surface area (Å²) in [6, 6.07) is 0.258. The molecule has 0 saturated carbocycles. The third-order valence-electron chi connectivity index (χ3n) is 2.30. The first kappa shape index (κ1) is 13.3. The first-order valence-corrected chi connectivity index (χ1v) is 5.98. The van der Waals surface area contributed by atoms with E-state index in [9.17, 15) is 4.79 Å². The van der Waals surface area contributed by atoms with Gasteiger partial charge in [0.2, 0.25) is 0 Å². The lowest BCUT2D eigenvalue weighted by atomic mass is 10.1. The number of alkyl carbamates (subject to hydrolysis) is 1. The Morgan fingerprint density at radius 1 is 1.44 bits per heavy atom. The van der Waals surface area contributed by atoms with E-state index in [-0.39, 0.29) is 12.1 Å². The van der Waals surface area contributed by atoms with Crippen molar-refractivity contribution in [3.8, 4) is 0 Å². The number of hydrogen-bond acceptors (Lipinski definition) is 3. The van der Waals surface area contributed by atoms with E-state index in [1.807, 2.05) is 20.8 Å². The first-order valence-electron chi connectivity index (χ1n) is 5.98. The molecule has 4 heteroatoms. The zero-order valence-electron chi connectivity index (χ0n) is 11.0. The maximum absolute atomic E-state index is 11.4. The Kier molecular flexibility index (Phi) is 4.19. The highest BCUT2D eigenvalue weighted by Gasteiger charge is 2.29. The van der Waals surface area contributed by atoms with Gasteiger partial charge >= 0.3 is 6.09 Å². The third-order valence-corrected chi connectivity index (χ3v) is 2.30. The number of nitrogens with one attached hydrogen (secondary N) is 1. The topological polar surface area (TPSA) is 41.6 Å². The minimum Gasteiger partial charge on any atom is -0.444 e. The number of likely N-dealkylation sites (tertiary alicyclic amines) is 1. The summed E-state index contributed by atoms with van der Waals surface area (Å²) < 4.78 is 5.19. The third kappa shape index (κ3) is 4.84. The summed E-state index contributed by atoms with van der Waals surface area (Å²) in [7, 11) is 0. The molecule has 0 unspecified atom stereocenters. The fourth-order valence-electron chi connectivity index (χ4n) is 1.80. The molecule has 1 aliphatic rings. The molecule has 16 heavy (non-hydrogen) atoms. The minimum absolute atomic E-state index is 0.258. The smallest absolute Gasteiger partial charge is 0.407 e. The zero-order valence-corrected chi connectivity index (χ0v) is 11.0. The van der Waals surface area contributed by atoms with Gasteiger partial charge in [0.15, 0.2) is 0 Å². The summed E-state index contributed by atoms with van der Waals surface area (Å²) in [6.45, 7) is 13.0. The van der Waals surface area contributed by atoms with Crippen LogP contribution < -0.4 is 5.32 Å². The van der Waals surface area contributed by atoms with E-state index in [4.69, 9.17) is 4.74 Å². The van der Waals surface area contributed by atoms with Crippen LogP contribution in [0.3, 0.4) is 0 Å². The van der Waals surface area contributed by atoms with Crippen molar-refractivity contribution in [2.75, 3.05) is 19.6 Å². The van der Waals surface area contributed by atoms with Crippen LogP contribution in [0, 0.1) is 5.92 Å². The van der Waals surface area contributed by atoms with E-state index in [2.05, 4.69) is 24.1 Å². The molecule has 0 spiro atoms. The number of amides is 1. The second-order valence-electron chi connectivity index (χ2n) is 5.96. The number of hydrogen-bond donors (Lipinski definition) is 1. The predicted octanol–water partition coefficient (Wildman–Crippen LogP) is 1.85. The van der Waals surface area contributed by atoms with Gasteiger partial charge in [-0.1, -0.05) is 13.8 Å². The van der Waals surface area contributed by atoms with Crippen LogP contribution in [0.2, 0.25) is 0 Å². The highest BCUT2D eigenvalue weighted by Crippen LogP contribution is 2.12. The molecule has 1 aliphatic heterocycles. The molecule has 1 rings (SSSR count). The van der Waals surface area contributed by atoms with Crippen molar-refractivity contribution in [1.82, 2.24) is 10.2 Å². The largest absolute Gasteiger partial charge is 0.444 e. The molecule has 4 nitrogen and oxygen atoms in total. The molecule has 0 aromatic heterocycles. The summed E-state index contributed by atoms with van der Waals surface area (Å²) in [5.41, 5.74) is -0.411. The van der Waals surface area contributed by atoms with Crippen LogP contribution in [-0.4, -0.2) is 42.3 Å². The molecule has 1 amide bonds. The summed E-state index contributed by atoms with van der Waals surface area (Å²) >= 11 is 0. The fourth-order valence-corrected chi connectivity index (χ4v) is 1.80. The van der Waals surface area contributed by atoms with Gasteiger partial charge in [0.05, 0.1) is 6.04 Å². The van der Waals surface area contributed by atoms with Crippen molar-refractivity contribution in [3.63, 3.8) is 0 Å². The highest BCUT2D eigenvalue weighted by atomic mass is 16.6. The Bertz CT molecular complexity index is 240. The van der Waals surface area contributed by atoms with Gasteiger partial charge in [0.1, 0.15) is 5.60 Å². The summed E-state index contributed by atoms with van der Waals surface area (Å²) in [4.78, 5) is 13.8. The Morgan fingerprint density at radius 2 is 2.00 bits per heavy atom. The molecule has 0 aromatic carbocycles. The second-order valence-corrected chi connectivity index (χ2v) is 5.96. The monoisotopic (exact) mass is 228 g/mol. The van der Waals surface area contributed by atoms with Gasteiger partial charge < -0.3 is 10.1 Å². The SMILES string of the molecule is CC(C)CN1CC(NC(=O)OC(C)(C)C)C1. The Labute approximate surface area is 98.3 Å². The molecule has 1 heterocycles. The molecular formula is C12H24N2O2. The van der Waals surface area contributed by atoms with Crippen molar-refractivity contribution in [1.29, 1.82) is 0 Å². The standard InChI is InChI=1S/C12H24N2O2/c1-9(2)6-14-7-10(8-14)13-11(15)16-12(3,4)5/h9-10H,6-8H2,1-5H3,(H,13,15). The number of rotatable bonds is 3. The van der Waals surface area contributed by atoms with Crippen LogP contribution in [0.5, 0.6) is 0 Å². The zero-order chi connectivity index (χ0) is 12.3. The molecule has 0 atom stereocenters. The van der Waals surface area contributed by atoms with Crippen LogP contribution in [0.4, 0.5) is 4.79 Å². The van der Waals surface area contributed by atoms with Gasteiger partial charge in [-0.15, -0.1) is 0 Å². The molecule has 0 aromatic rings. The Hall–Kier alpha value is -0.770. The lowest BCUT2D eigenvalue weighted by molar-refractivity contribution is 0.0388. The normalized spacial score (nSPS) is 18.4. The van der Waals surface area contributed by atoms with Gasteiger partial charge in [-0.3, -0.25) is 4.90 Å².